The summed E-state index contributed by atoms with van der Waals surface area (Å²) in [6.07, 6.45) is 2.31. The van der Waals surface area contributed by atoms with Gasteiger partial charge in [-0.3, -0.25) is 10.1 Å². The Morgan fingerprint density at radius 3 is 2.86 bits per heavy atom. The number of carbonyl (C=O) groups excluding carboxylic acids is 1. The molecule has 150 valence electrons. The van der Waals surface area contributed by atoms with E-state index in [0.717, 1.165) is 12.8 Å². The second kappa shape index (κ2) is 7.75. The van der Waals surface area contributed by atoms with Crippen molar-refractivity contribution < 1.29 is 14.5 Å². The third-order valence-electron chi connectivity index (χ3n) is 4.28. The lowest BCUT2D eigenvalue weighted by molar-refractivity contribution is -0.384. The minimum atomic E-state index is -0.585. The quantitative estimate of drug-likeness (QED) is 0.465. The second-order valence-electron chi connectivity index (χ2n) is 7.69. The van der Waals surface area contributed by atoms with Crippen LogP contribution in [0.4, 0.5) is 16.2 Å². The number of nitrogens with one attached hydrogen (secondary N) is 1. The molecule has 0 aliphatic carbocycles. The van der Waals surface area contributed by atoms with Crippen molar-refractivity contribution in [3.63, 3.8) is 0 Å². The van der Waals surface area contributed by atoms with Gasteiger partial charge in [-0.2, -0.15) is 0 Å². The molecule has 1 saturated heterocycles. The lowest BCUT2D eigenvalue weighted by atomic mass is 10.1. The number of nitro groups is 1. The van der Waals surface area contributed by atoms with Crippen LogP contribution in [0.3, 0.4) is 0 Å². The SMILES string of the molecule is CC(C)(C)OC(=O)N1CCCC(Nc2c([N+](=O)[O-])cnc3ccc(Cl)nc23)C1. The number of fused-ring (bicyclic) bond motifs is 1. The van der Waals surface area contributed by atoms with E-state index in [1.165, 1.54) is 6.20 Å². The van der Waals surface area contributed by atoms with Crippen LogP contribution in [0.2, 0.25) is 5.15 Å². The van der Waals surface area contributed by atoms with Gasteiger partial charge in [0, 0.05) is 19.1 Å². The van der Waals surface area contributed by atoms with Crippen LogP contribution in [0, 0.1) is 10.1 Å². The van der Waals surface area contributed by atoms with E-state index in [0.29, 0.717) is 24.1 Å². The Labute approximate surface area is 167 Å². The van der Waals surface area contributed by atoms with E-state index in [1.807, 2.05) is 20.8 Å². The number of rotatable bonds is 3. The Bertz CT molecular complexity index is 915. The van der Waals surface area contributed by atoms with Crippen molar-refractivity contribution in [2.45, 2.75) is 45.3 Å². The number of aromatic nitrogens is 2. The van der Waals surface area contributed by atoms with Crippen molar-refractivity contribution in [3.8, 4) is 0 Å². The highest BCUT2D eigenvalue weighted by Crippen LogP contribution is 2.32. The molecule has 0 aromatic carbocycles. The molecular weight excluding hydrogens is 386 g/mol. The van der Waals surface area contributed by atoms with Crippen LogP contribution >= 0.6 is 11.6 Å². The van der Waals surface area contributed by atoms with Crippen molar-refractivity contribution >= 4 is 40.1 Å². The fourth-order valence-electron chi connectivity index (χ4n) is 3.10. The zero-order chi connectivity index (χ0) is 20.5. The molecule has 1 aliphatic rings. The molecule has 10 heteroatoms. The first-order chi connectivity index (χ1) is 13.1. The van der Waals surface area contributed by atoms with Crippen molar-refractivity contribution in [3.05, 3.63) is 33.6 Å². The van der Waals surface area contributed by atoms with E-state index in [4.69, 9.17) is 16.3 Å². The van der Waals surface area contributed by atoms with Crippen LogP contribution in [-0.4, -0.2) is 50.6 Å². The molecular formula is C18H22ClN5O4. The minimum Gasteiger partial charge on any atom is -0.444 e. The van der Waals surface area contributed by atoms with Gasteiger partial charge in [0.1, 0.15) is 28.2 Å². The zero-order valence-electron chi connectivity index (χ0n) is 15.9. The highest BCUT2D eigenvalue weighted by atomic mass is 35.5. The van der Waals surface area contributed by atoms with Gasteiger partial charge in [-0.1, -0.05) is 11.6 Å². The topological polar surface area (TPSA) is 110 Å². The van der Waals surface area contributed by atoms with E-state index in [-0.39, 0.29) is 22.6 Å². The Kier molecular flexibility index (Phi) is 5.55. The molecule has 0 radical (unpaired) electrons. The average Bonchev–Trinajstić information content (AvgIpc) is 2.60. The molecule has 1 atom stereocenters. The zero-order valence-corrected chi connectivity index (χ0v) is 16.7. The summed E-state index contributed by atoms with van der Waals surface area (Å²) in [4.78, 5) is 33.3. The van der Waals surface area contributed by atoms with E-state index >= 15 is 0 Å². The number of carbonyl (C=O) groups is 1. The van der Waals surface area contributed by atoms with Gasteiger partial charge in [0.05, 0.1) is 10.4 Å². The van der Waals surface area contributed by atoms with Crippen LogP contribution in [0.25, 0.3) is 11.0 Å². The van der Waals surface area contributed by atoms with E-state index in [9.17, 15) is 14.9 Å². The first-order valence-corrected chi connectivity index (χ1v) is 9.36. The molecule has 0 bridgehead atoms. The van der Waals surface area contributed by atoms with Gasteiger partial charge in [-0.15, -0.1) is 0 Å². The van der Waals surface area contributed by atoms with E-state index < -0.39 is 16.6 Å². The third kappa shape index (κ3) is 4.59. The number of amides is 1. The number of hydrogen-bond donors (Lipinski definition) is 1. The Balaban J connectivity index is 1.87. The number of anilines is 1. The summed E-state index contributed by atoms with van der Waals surface area (Å²) in [5.41, 5.74) is 0.316. The molecule has 3 rings (SSSR count). The first kappa shape index (κ1) is 20.1. The van der Waals surface area contributed by atoms with E-state index in [2.05, 4.69) is 15.3 Å². The van der Waals surface area contributed by atoms with Crippen LogP contribution in [0.15, 0.2) is 18.3 Å². The predicted molar refractivity (Wildman–Crippen MR) is 106 cm³/mol. The summed E-state index contributed by atoms with van der Waals surface area (Å²) < 4.78 is 5.43. The Morgan fingerprint density at radius 1 is 1.43 bits per heavy atom. The Hall–Kier alpha value is -2.68. The number of piperidine rings is 1. The second-order valence-corrected chi connectivity index (χ2v) is 8.07. The van der Waals surface area contributed by atoms with Crippen LogP contribution in [0.5, 0.6) is 0 Å². The van der Waals surface area contributed by atoms with Gasteiger partial charge in [0.25, 0.3) is 0 Å². The number of nitrogens with zero attached hydrogens (tertiary/aromatic N) is 4. The number of halogens is 1. The minimum absolute atomic E-state index is 0.184. The molecule has 1 N–H and O–H groups in total. The van der Waals surface area contributed by atoms with Crippen molar-refractivity contribution in [2.24, 2.45) is 0 Å². The molecule has 2 aromatic rings. The standard InChI is InChI=1S/C18H22ClN5O4/c1-18(2,3)28-17(25)23-8-4-5-11(10-23)21-16-13(24(26)27)9-20-12-6-7-14(19)22-15(12)16/h6-7,9,11H,4-5,8,10H2,1-3H3,(H,20,21). The molecule has 28 heavy (non-hydrogen) atoms. The molecule has 9 nitrogen and oxygen atoms in total. The summed E-state index contributed by atoms with van der Waals surface area (Å²) in [5.74, 6) is 0. The van der Waals surface area contributed by atoms with Crippen molar-refractivity contribution in [2.75, 3.05) is 18.4 Å². The lowest BCUT2D eigenvalue weighted by Gasteiger charge is -2.34. The molecule has 0 spiro atoms. The average molecular weight is 408 g/mol. The van der Waals surface area contributed by atoms with Gasteiger partial charge in [-0.25, -0.2) is 14.8 Å². The van der Waals surface area contributed by atoms with Crippen molar-refractivity contribution in [1.82, 2.24) is 14.9 Å². The van der Waals surface area contributed by atoms with Gasteiger partial charge in [0.2, 0.25) is 0 Å². The Morgan fingerprint density at radius 2 is 2.18 bits per heavy atom. The molecule has 0 saturated carbocycles. The molecule has 1 unspecified atom stereocenters. The summed E-state index contributed by atoms with van der Waals surface area (Å²) in [6, 6.07) is 3.05. The smallest absolute Gasteiger partial charge is 0.410 e. The van der Waals surface area contributed by atoms with Crippen molar-refractivity contribution in [1.29, 1.82) is 0 Å². The highest BCUT2D eigenvalue weighted by molar-refractivity contribution is 6.29. The summed E-state index contributed by atoms with van der Waals surface area (Å²) in [7, 11) is 0. The third-order valence-corrected chi connectivity index (χ3v) is 4.49. The van der Waals surface area contributed by atoms with Gasteiger partial charge >= 0.3 is 11.8 Å². The highest BCUT2D eigenvalue weighted by Gasteiger charge is 2.29. The molecule has 3 heterocycles. The van der Waals surface area contributed by atoms with Gasteiger partial charge in [0.15, 0.2) is 0 Å². The summed E-state index contributed by atoms with van der Waals surface area (Å²) >= 11 is 5.99. The summed E-state index contributed by atoms with van der Waals surface area (Å²) in [6.45, 7) is 6.39. The van der Waals surface area contributed by atoms with E-state index in [1.54, 1.807) is 17.0 Å². The maximum atomic E-state index is 12.4. The number of pyridine rings is 2. The fourth-order valence-corrected chi connectivity index (χ4v) is 3.25. The van der Waals surface area contributed by atoms with Crippen LogP contribution < -0.4 is 5.32 Å². The molecule has 2 aromatic heterocycles. The number of ether oxygens (including phenoxy) is 1. The fraction of sp³-hybridized carbons (Fsp3) is 0.500. The van der Waals surface area contributed by atoms with Crippen LogP contribution in [0.1, 0.15) is 33.6 Å². The maximum Gasteiger partial charge on any atom is 0.410 e. The monoisotopic (exact) mass is 407 g/mol. The largest absolute Gasteiger partial charge is 0.444 e. The predicted octanol–water partition coefficient (Wildman–Crippen LogP) is 4.00. The lowest BCUT2D eigenvalue weighted by Crippen LogP contribution is -2.47. The summed E-state index contributed by atoms with van der Waals surface area (Å²) in [5, 5.41) is 14.9. The van der Waals surface area contributed by atoms with Gasteiger partial charge < -0.3 is 15.0 Å². The molecule has 1 fully saturated rings. The van der Waals surface area contributed by atoms with Crippen LogP contribution in [-0.2, 0) is 4.74 Å². The number of likely N-dealkylation sites (tertiary alicyclic amines) is 1. The molecule has 1 aliphatic heterocycles. The molecule has 1 amide bonds. The first-order valence-electron chi connectivity index (χ1n) is 8.98. The normalized spacial score (nSPS) is 17.4. The van der Waals surface area contributed by atoms with Gasteiger partial charge in [-0.05, 0) is 45.7 Å². The maximum absolute atomic E-state index is 12.4. The number of hydrogen-bond acceptors (Lipinski definition) is 7.